The number of hydrogen-bond donors (Lipinski definition) is 1. The number of hydrogen-bond acceptors (Lipinski definition) is 5. The van der Waals surface area contributed by atoms with E-state index in [1.165, 1.54) is 0 Å². The molecule has 7 nitrogen and oxygen atoms in total. The second-order valence-corrected chi connectivity index (χ2v) is 6.03. The van der Waals surface area contributed by atoms with Crippen LogP contribution in [0.4, 0.5) is 0 Å². The van der Waals surface area contributed by atoms with Crippen LogP contribution in [-0.2, 0) is 0 Å². The molecule has 7 heteroatoms. The molecule has 0 radical (unpaired) electrons. The minimum Gasteiger partial charge on any atom is -0.392 e. The zero-order chi connectivity index (χ0) is 16.9. The van der Waals surface area contributed by atoms with Gasteiger partial charge >= 0.3 is 0 Å². The molecule has 1 aliphatic heterocycles. The lowest BCUT2D eigenvalue weighted by Crippen LogP contribution is -2.50. The second-order valence-electron chi connectivity index (χ2n) is 6.03. The molecular weight excluding hydrogens is 306 g/mol. The van der Waals surface area contributed by atoms with Crippen molar-refractivity contribution in [3.05, 3.63) is 42.6 Å². The maximum absolute atomic E-state index is 12.7. The van der Waals surface area contributed by atoms with Gasteiger partial charge in [0.15, 0.2) is 0 Å². The Kier molecular flexibility index (Phi) is 5.22. The standard InChI is InChI=1S/C17H23N5O2/c1-2-15(23)12-20-7-9-21(10-8-20)17(24)14-3-4-19-16(11-14)22-6-5-18-13-22/h3-6,11,13,15,23H,2,7-10,12H2,1H3/t15-/m0/s1. The summed E-state index contributed by atoms with van der Waals surface area (Å²) in [5, 5.41) is 9.75. The third kappa shape index (κ3) is 3.80. The number of aliphatic hydroxyl groups is 1. The summed E-state index contributed by atoms with van der Waals surface area (Å²) < 4.78 is 1.78. The number of carbonyl (C=O) groups is 1. The summed E-state index contributed by atoms with van der Waals surface area (Å²) in [7, 11) is 0. The van der Waals surface area contributed by atoms with Gasteiger partial charge in [-0.2, -0.15) is 0 Å². The van der Waals surface area contributed by atoms with Crippen LogP contribution < -0.4 is 0 Å². The first-order valence-corrected chi connectivity index (χ1v) is 8.31. The van der Waals surface area contributed by atoms with Crippen LogP contribution in [0.3, 0.4) is 0 Å². The van der Waals surface area contributed by atoms with Crippen molar-refractivity contribution in [1.82, 2.24) is 24.3 Å². The molecule has 2 aromatic heterocycles. The Morgan fingerprint density at radius 1 is 1.29 bits per heavy atom. The van der Waals surface area contributed by atoms with E-state index in [4.69, 9.17) is 0 Å². The van der Waals surface area contributed by atoms with Gasteiger partial charge in [-0.05, 0) is 18.6 Å². The fourth-order valence-corrected chi connectivity index (χ4v) is 2.83. The minimum atomic E-state index is -0.287. The van der Waals surface area contributed by atoms with Crippen LogP contribution in [0.2, 0.25) is 0 Å². The summed E-state index contributed by atoms with van der Waals surface area (Å²) in [6, 6.07) is 3.53. The lowest BCUT2D eigenvalue weighted by atomic mass is 10.2. The van der Waals surface area contributed by atoms with Gasteiger partial charge in [0, 0.05) is 56.9 Å². The smallest absolute Gasteiger partial charge is 0.254 e. The summed E-state index contributed by atoms with van der Waals surface area (Å²) in [6.07, 6.45) is 7.26. The van der Waals surface area contributed by atoms with Crippen molar-refractivity contribution in [1.29, 1.82) is 0 Å². The molecule has 0 aliphatic carbocycles. The molecule has 1 saturated heterocycles. The number of aromatic nitrogens is 3. The van der Waals surface area contributed by atoms with Crippen molar-refractivity contribution in [3.63, 3.8) is 0 Å². The number of aliphatic hydroxyl groups excluding tert-OH is 1. The molecule has 1 fully saturated rings. The summed E-state index contributed by atoms with van der Waals surface area (Å²) in [6.45, 7) is 5.60. The zero-order valence-electron chi connectivity index (χ0n) is 13.9. The molecule has 0 aromatic carbocycles. The predicted molar refractivity (Wildman–Crippen MR) is 90.0 cm³/mol. The average molecular weight is 329 g/mol. The van der Waals surface area contributed by atoms with Crippen molar-refractivity contribution >= 4 is 5.91 Å². The molecule has 1 N–H and O–H groups in total. The molecule has 1 amide bonds. The monoisotopic (exact) mass is 329 g/mol. The largest absolute Gasteiger partial charge is 0.392 e. The van der Waals surface area contributed by atoms with Crippen LogP contribution in [0, 0.1) is 0 Å². The fourth-order valence-electron chi connectivity index (χ4n) is 2.83. The second kappa shape index (κ2) is 7.55. The van der Waals surface area contributed by atoms with Crippen molar-refractivity contribution in [3.8, 4) is 5.82 Å². The van der Waals surface area contributed by atoms with Gasteiger partial charge in [-0.15, -0.1) is 0 Å². The first-order valence-electron chi connectivity index (χ1n) is 8.31. The van der Waals surface area contributed by atoms with E-state index in [0.717, 1.165) is 19.5 Å². The van der Waals surface area contributed by atoms with E-state index in [-0.39, 0.29) is 12.0 Å². The Hall–Kier alpha value is -2.25. The van der Waals surface area contributed by atoms with Gasteiger partial charge < -0.3 is 10.0 Å². The van der Waals surface area contributed by atoms with Crippen molar-refractivity contribution < 1.29 is 9.90 Å². The molecule has 1 atom stereocenters. The van der Waals surface area contributed by atoms with E-state index in [1.807, 2.05) is 11.8 Å². The van der Waals surface area contributed by atoms with E-state index in [0.29, 0.717) is 31.0 Å². The van der Waals surface area contributed by atoms with Crippen LogP contribution in [0.25, 0.3) is 5.82 Å². The number of imidazole rings is 1. The SMILES string of the molecule is CC[C@H](O)CN1CCN(C(=O)c2ccnc(-n3ccnc3)c2)CC1. The third-order valence-electron chi connectivity index (χ3n) is 4.36. The molecule has 0 saturated carbocycles. The minimum absolute atomic E-state index is 0.0226. The summed E-state index contributed by atoms with van der Waals surface area (Å²) >= 11 is 0. The number of pyridine rings is 1. The highest BCUT2D eigenvalue weighted by molar-refractivity contribution is 5.94. The highest BCUT2D eigenvalue weighted by atomic mass is 16.3. The van der Waals surface area contributed by atoms with E-state index < -0.39 is 0 Å². The predicted octanol–water partition coefficient (Wildman–Crippen LogP) is 0.796. The summed E-state index contributed by atoms with van der Waals surface area (Å²) in [5.41, 5.74) is 0.635. The van der Waals surface area contributed by atoms with Gasteiger partial charge in [0.25, 0.3) is 5.91 Å². The lowest BCUT2D eigenvalue weighted by Gasteiger charge is -2.35. The Morgan fingerprint density at radius 2 is 2.08 bits per heavy atom. The molecule has 128 valence electrons. The molecule has 3 rings (SSSR count). The van der Waals surface area contributed by atoms with Crippen LogP contribution >= 0.6 is 0 Å². The normalized spacial score (nSPS) is 17.0. The van der Waals surface area contributed by atoms with Crippen molar-refractivity contribution in [2.45, 2.75) is 19.4 Å². The third-order valence-corrected chi connectivity index (χ3v) is 4.36. The van der Waals surface area contributed by atoms with Crippen LogP contribution in [-0.4, -0.2) is 74.2 Å². The van der Waals surface area contributed by atoms with Crippen LogP contribution in [0.5, 0.6) is 0 Å². The molecule has 0 unspecified atom stereocenters. The molecule has 3 heterocycles. The topological polar surface area (TPSA) is 74.5 Å². The van der Waals surface area contributed by atoms with Gasteiger partial charge in [-0.25, -0.2) is 9.97 Å². The van der Waals surface area contributed by atoms with Gasteiger partial charge in [0.2, 0.25) is 0 Å². The molecular formula is C17H23N5O2. The van der Waals surface area contributed by atoms with E-state index in [2.05, 4.69) is 14.9 Å². The Labute approximate surface area is 141 Å². The number of amides is 1. The molecule has 2 aromatic rings. The highest BCUT2D eigenvalue weighted by Crippen LogP contribution is 2.12. The van der Waals surface area contributed by atoms with Crippen molar-refractivity contribution in [2.75, 3.05) is 32.7 Å². The zero-order valence-corrected chi connectivity index (χ0v) is 13.9. The Morgan fingerprint density at radius 3 is 2.75 bits per heavy atom. The van der Waals surface area contributed by atoms with Crippen LogP contribution in [0.1, 0.15) is 23.7 Å². The number of rotatable bonds is 5. The average Bonchev–Trinajstić information content (AvgIpc) is 3.16. The maximum Gasteiger partial charge on any atom is 0.254 e. The molecule has 24 heavy (non-hydrogen) atoms. The van der Waals surface area contributed by atoms with Crippen LogP contribution in [0.15, 0.2) is 37.1 Å². The molecule has 0 bridgehead atoms. The first-order chi connectivity index (χ1) is 11.7. The molecule has 1 aliphatic rings. The van der Waals surface area contributed by atoms with E-state index in [1.54, 1.807) is 41.6 Å². The number of piperazine rings is 1. The molecule has 0 spiro atoms. The quantitative estimate of drug-likeness (QED) is 0.878. The summed E-state index contributed by atoms with van der Waals surface area (Å²) in [5.74, 6) is 0.706. The van der Waals surface area contributed by atoms with Gasteiger partial charge in [0.05, 0.1) is 6.10 Å². The Balaban J connectivity index is 1.62. The number of nitrogens with zero attached hydrogens (tertiary/aromatic N) is 5. The van der Waals surface area contributed by atoms with Gasteiger partial charge in [-0.1, -0.05) is 6.92 Å². The highest BCUT2D eigenvalue weighted by Gasteiger charge is 2.23. The van der Waals surface area contributed by atoms with Crippen molar-refractivity contribution in [2.24, 2.45) is 0 Å². The van der Waals surface area contributed by atoms with Gasteiger partial charge in [-0.3, -0.25) is 14.3 Å². The van der Waals surface area contributed by atoms with Gasteiger partial charge in [0.1, 0.15) is 12.1 Å². The summed E-state index contributed by atoms with van der Waals surface area (Å²) in [4.78, 5) is 25.1. The number of carbonyl (C=O) groups excluding carboxylic acids is 1. The lowest BCUT2D eigenvalue weighted by molar-refractivity contribution is 0.0523. The first kappa shape index (κ1) is 16.6. The maximum atomic E-state index is 12.7. The van der Waals surface area contributed by atoms with E-state index in [9.17, 15) is 9.90 Å². The number of β-amino-alcohol motifs (C(OH)–C–C–N with tert-alkyl or cyclic N) is 1. The Bertz CT molecular complexity index is 665. The van der Waals surface area contributed by atoms with E-state index >= 15 is 0 Å². The fraction of sp³-hybridized carbons (Fsp3) is 0.471.